The van der Waals surface area contributed by atoms with Crippen LogP contribution < -0.4 is 5.32 Å². The van der Waals surface area contributed by atoms with Crippen LogP contribution in [0, 0.1) is 10.1 Å². The maximum absolute atomic E-state index is 11.0. The van der Waals surface area contributed by atoms with E-state index in [9.17, 15) is 10.1 Å². The Morgan fingerprint density at radius 3 is 2.86 bits per heavy atom. The summed E-state index contributed by atoms with van der Waals surface area (Å²) < 4.78 is 0.348. The molecule has 6 heteroatoms. The van der Waals surface area contributed by atoms with Crippen molar-refractivity contribution in [1.82, 2.24) is 4.90 Å². The van der Waals surface area contributed by atoms with Gasteiger partial charge in [-0.1, -0.05) is 19.9 Å². The van der Waals surface area contributed by atoms with Gasteiger partial charge in [0.05, 0.1) is 4.92 Å². The monoisotopic (exact) mass is 309 g/mol. The molecule has 0 saturated carbocycles. The predicted molar refractivity (Wildman–Crippen MR) is 89.1 cm³/mol. The zero-order valence-corrected chi connectivity index (χ0v) is 13.7. The largest absolute Gasteiger partial charge is 0.383 e. The third kappa shape index (κ3) is 4.35. The van der Waals surface area contributed by atoms with E-state index in [1.54, 1.807) is 13.1 Å². The molecule has 0 aliphatic carbocycles. The minimum absolute atomic E-state index is 0.133. The van der Waals surface area contributed by atoms with Crippen molar-refractivity contribution in [2.45, 2.75) is 31.6 Å². The molecule has 1 aliphatic rings. The summed E-state index contributed by atoms with van der Waals surface area (Å²) in [7, 11) is 1.72. The van der Waals surface area contributed by atoms with Crippen LogP contribution in [0.15, 0.2) is 18.2 Å². The Balaban J connectivity index is 2.07. The first-order chi connectivity index (χ1) is 9.91. The molecule has 1 saturated heterocycles. The Hall–Kier alpha value is -1.27. The number of nitrogens with zero attached hydrogens (tertiary/aromatic N) is 2. The van der Waals surface area contributed by atoms with Crippen LogP contribution in [0.4, 0.5) is 11.4 Å². The van der Waals surface area contributed by atoms with Crippen molar-refractivity contribution < 1.29 is 4.92 Å². The number of hydrogen-bond acceptors (Lipinski definition) is 5. The van der Waals surface area contributed by atoms with Crippen LogP contribution in [0.25, 0.3) is 0 Å². The molecule has 0 unspecified atom stereocenters. The fourth-order valence-corrected chi connectivity index (χ4v) is 3.66. The lowest BCUT2D eigenvalue weighted by Gasteiger charge is -2.22. The third-order valence-electron chi connectivity index (χ3n) is 3.86. The van der Waals surface area contributed by atoms with Crippen molar-refractivity contribution in [3.05, 3.63) is 33.9 Å². The summed E-state index contributed by atoms with van der Waals surface area (Å²) in [5, 5.41) is 13.9. The molecule has 1 heterocycles. The van der Waals surface area contributed by atoms with E-state index < -0.39 is 0 Å². The number of rotatable bonds is 4. The third-order valence-corrected chi connectivity index (χ3v) is 5.24. The van der Waals surface area contributed by atoms with E-state index in [1.165, 1.54) is 6.42 Å². The molecule has 1 aromatic carbocycles. The standard InChI is InChI=1S/C15H23N3O2S/c1-15(2)6-7-17(8-9-21-15)11-12-4-5-14(18(19)20)13(10-12)16-3/h4-5,10,16H,6-9,11H2,1-3H3. The summed E-state index contributed by atoms with van der Waals surface area (Å²) in [6.45, 7) is 7.59. The fraction of sp³-hybridized carbons (Fsp3) is 0.600. The van der Waals surface area contributed by atoms with E-state index in [0.717, 1.165) is 31.0 Å². The molecule has 0 atom stereocenters. The number of benzene rings is 1. The van der Waals surface area contributed by atoms with Gasteiger partial charge in [-0.3, -0.25) is 15.0 Å². The molecule has 1 fully saturated rings. The minimum Gasteiger partial charge on any atom is -0.383 e. The number of thioether (sulfide) groups is 1. The maximum atomic E-state index is 11.0. The molecule has 1 aromatic rings. The van der Waals surface area contributed by atoms with Crippen LogP contribution >= 0.6 is 11.8 Å². The zero-order valence-electron chi connectivity index (χ0n) is 12.9. The summed E-state index contributed by atoms with van der Waals surface area (Å²) in [6.07, 6.45) is 1.17. The molecule has 0 radical (unpaired) electrons. The average molecular weight is 309 g/mol. The molecule has 5 nitrogen and oxygen atoms in total. The van der Waals surface area contributed by atoms with Crippen LogP contribution in [-0.4, -0.2) is 40.5 Å². The summed E-state index contributed by atoms with van der Waals surface area (Å²) in [5.74, 6) is 1.14. The minimum atomic E-state index is -0.347. The van der Waals surface area contributed by atoms with Gasteiger partial charge in [-0.25, -0.2) is 0 Å². The molecule has 1 N–H and O–H groups in total. The van der Waals surface area contributed by atoms with E-state index in [4.69, 9.17) is 0 Å². The maximum Gasteiger partial charge on any atom is 0.292 e. The van der Waals surface area contributed by atoms with Gasteiger partial charge in [-0.2, -0.15) is 11.8 Å². The molecule has 116 valence electrons. The van der Waals surface area contributed by atoms with Gasteiger partial charge >= 0.3 is 0 Å². The second-order valence-corrected chi connectivity index (χ2v) is 7.80. The summed E-state index contributed by atoms with van der Waals surface area (Å²) in [6, 6.07) is 5.35. The van der Waals surface area contributed by atoms with Crippen LogP contribution in [0.3, 0.4) is 0 Å². The van der Waals surface area contributed by atoms with E-state index >= 15 is 0 Å². The van der Waals surface area contributed by atoms with Crippen molar-refractivity contribution in [1.29, 1.82) is 0 Å². The van der Waals surface area contributed by atoms with E-state index in [-0.39, 0.29) is 10.6 Å². The quantitative estimate of drug-likeness (QED) is 0.683. The van der Waals surface area contributed by atoms with Crippen molar-refractivity contribution >= 4 is 23.1 Å². The molecule has 0 spiro atoms. The first-order valence-electron chi connectivity index (χ1n) is 7.23. The molecule has 2 rings (SSSR count). The number of anilines is 1. The van der Waals surface area contributed by atoms with Crippen LogP contribution in [0.2, 0.25) is 0 Å². The second kappa shape index (κ2) is 6.66. The van der Waals surface area contributed by atoms with E-state index in [2.05, 4.69) is 24.1 Å². The second-order valence-electron chi connectivity index (χ2n) is 5.99. The molecular weight excluding hydrogens is 286 g/mol. The van der Waals surface area contributed by atoms with Crippen LogP contribution in [0.1, 0.15) is 25.8 Å². The fourth-order valence-electron chi connectivity index (χ4n) is 2.52. The molecule has 1 aliphatic heterocycles. The van der Waals surface area contributed by atoms with Gasteiger partial charge in [0.2, 0.25) is 0 Å². The van der Waals surface area contributed by atoms with Gasteiger partial charge < -0.3 is 5.32 Å². The molecule has 21 heavy (non-hydrogen) atoms. The average Bonchev–Trinajstić information content (AvgIpc) is 2.60. The normalized spacial score (nSPS) is 19.0. The van der Waals surface area contributed by atoms with Crippen molar-refractivity contribution in [3.63, 3.8) is 0 Å². The topological polar surface area (TPSA) is 58.4 Å². The highest BCUT2D eigenvalue weighted by atomic mass is 32.2. The Bertz CT molecular complexity index is 520. The number of nitro groups is 1. The number of hydrogen-bond donors (Lipinski definition) is 1. The van der Waals surface area contributed by atoms with Crippen molar-refractivity contribution in [2.24, 2.45) is 0 Å². The van der Waals surface area contributed by atoms with Gasteiger partial charge in [0.1, 0.15) is 5.69 Å². The van der Waals surface area contributed by atoms with E-state index in [1.807, 2.05) is 23.9 Å². The number of nitro benzene ring substituents is 1. The highest BCUT2D eigenvalue weighted by Gasteiger charge is 2.24. The molecule has 0 aromatic heterocycles. The summed E-state index contributed by atoms with van der Waals surface area (Å²) in [4.78, 5) is 13.0. The van der Waals surface area contributed by atoms with Gasteiger partial charge in [-0.05, 0) is 24.6 Å². The highest BCUT2D eigenvalue weighted by Crippen LogP contribution is 2.31. The zero-order chi connectivity index (χ0) is 15.5. The Labute approximate surface area is 130 Å². The first-order valence-corrected chi connectivity index (χ1v) is 8.21. The molecular formula is C15H23N3O2S. The lowest BCUT2D eigenvalue weighted by molar-refractivity contribution is -0.384. The Morgan fingerprint density at radius 1 is 1.43 bits per heavy atom. The Kier molecular flexibility index (Phi) is 5.11. The SMILES string of the molecule is CNc1cc(CN2CCSC(C)(C)CC2)ccc1[N+](=O)[O-]. The summed E-state index contributed by atoms with van der Waals surface area (Å²) in [5.41, 5.74) is 1.84. The lowest BCUT2D eigenvalue weighted by atomic mass is 10.1. The van der Waals surface area contributed by atoms with Gasteiger partial charge in [-0.15, -0.1) is 0 Å². The predicted octanol–water partition coefficient (Wildman–Crippen LogP) is 3.35. The van der Waals surface area contributed by atoms with Gasteiger partial charge in [0.15, 0.2) is 0 Å². The van der Waals surface area contributed by atoms with E-state index in [0.29, 0.717) is 10.4 Å². The first kappa shape index (κ1) is 16.1. The molecule has 0 bridgehead atoms. The smallest absolute Gasteiger partial charge is 0.292 e. The Morgan fingerprint density at radius 2 is 2.19 bits per heavy atom. The lowest BCUT2D eigenvalue weighted by Crippen LogP contribution is -2.26. The number of nitrogens with one attached hydrogen (secondary N) is 1. The van der Waals surface area contributed by atoms with Crippen LogP contribution in [0.5, 0.6) is 0 Å². The highest BCUT2D eigenvalue weighted by molar-refractivity contribution is 8.00. The van der Waals surface area contributed by atoms with Gasteiger partial charge in [0.25, 0.3) is 5.69 Å². The summed E-state index contributed by atoms with van der Waals surface area (Å²) >= 11 is 2.03. The van der Waals surface area contributed by atoms with Gasteiger partial charge in [0, 0.05) is 36.7 Å². The molecule has 0 amide bonds. The van der Waals surface area contributed by atoms with Crippen LogP contribution in [-0.2, 0) is 6.54 Å². The van der Waals surface area contributed by atoms with Crippen molar-refractivity contribution in [2.75, 3.05) is 31.2 Å². The van der Waals surface area contributed by atoms with Crippen molar-refractivity contribution in [3.8, 4) is 0 Å².